The Labute approximate surface area is 152 Å². The van der Waals surface area contributed by atoms with Crippen LogP contribution < -0.4 is 9.47 Å². The minimum absolute atomic E-state index is 0.0445. The van der Waals surface area contributed by atoms with Gasteiger partial charge >= 0.3 is 6.16 Å². The summed E-state index contributed by atoms with van der Waals surface area (Å²) in [5.74, 6) is 1.34. The van der Waals surface area contributed by atoms with E-state index >= 15 is 0 Å². The van der Waals surface area contributed by atoms with Gasteiger partial charge in [0, 0.05) is 6.54 Å². The molecule has 1 aromatic rings. The smallest absolute Gasteiger partial charge is 0.493 e. The molecule has 6 nitrogen and oxygen atoms in total. The second kappa shape index (κ2) is 7.99. The molecule has 1 fully saturated rings. The average molecular weight is 367 g/mol. The minimum Gasteiger partial charge on any atom is -0.493 e. The van der Waals surface area contributed by atoms with Gasteiger partial charge in [-0.2, -0.15) is 0 Å². The Morgan fingerprint density at radius 1 is 1.32 bits per heavy atom. The van der Waals surface area contributed by atoms with Crippen LogP contribution in [0.15, 0.2) is 18.2 Å². The molecule has 0 bridgehead atoms. The zero-order valence-electron chi connectivity index (χ0n) is 15.3. The van der Waals surface area contributed by atoms with Crippen LogP contribution in [0.2, 0.25) is 0 Å². The van der Waals surface area contributed by atoms with E-state index in [1.165, 1.54) is 7.11 Å². The van der Waals surface area contributed by atoms with E-state index in [1.54, 1.807) is 44.7 Å². The molecule has 1 aliphatic heterocycles. The second-order valence-corrected chi connectivity index (χ2v) is 7.80. The van der Waals surface area contributed by atoms with Gasteiger partial charge in [-0.15, -0.1) is 11.8 Å². The highest BCUT2D eigenvalue weighted by atomic mass is 32.2. The molecule has 1 atom stereocenters. The summed E-state index contributed by atoms with van der Waals surface area (Å²) < 4.78 is 15.8. The Morgan fingerprint density at radius 2 is 2.04 bits per heavy atom. The number of hydrogen-bond donors (Lipinski definition) is 0. The molecule has 1 saturated heterocycles. The SMILES string of the molecule is CCCN1C(=O)CSC1c1ccc(OC(=O)OC(C)(C)C)c(OC)c1. The van der Waals surface area contributed by atoms with Crippen LogP contribution in [-0.2, 0) is 9.53 Å². The highest BCUT2D eigenvalue weighted by Gasteiger charge is 2.32. The molecule has 0 aliphatic carbocycles. The van der Waals surface area contributed by atoms with Gasteiger partial charge < -0.3 is 19.1 Å². The zero-order chi connectivity index (χ0) is 18.6. The monoisotopic (exact) mass is 367 g/mol. The van der Waals surface area contributed by atoms with Crippen molar-refractivity contribution >= 4 is 23.8 Å². The summed E-state index contributed by atoms with van der Waals surface area (Å²) in [6.45, 7) is 8.07. The summed E-state index contributed by atoms with van der Waals surface area (Å²) in [7, 11) is 1.51. The first kappa shape index (κ1) is 19.4. The number of amides is 1. The van der Waals surface area contributed by atoms with Gasteiger partial charge in [-0.3, -0.25) is 4.79 Å². The summed E-state index contributed by atoms with van der Waals surface area (Å²) in [5.41, 5.74) is 0.309. The molecule has 0 saturated carbocycles. The van der Waals surface area contributed by atoms with Gasteiger partial charge in [-0.25, -0.2) is 4.79 Å². The van der Waals surface area contributed by atoms with E-state index in [0.717, 1.165) is 18.5 Å². The zero-order valence-corrected chi connectivity index (χ0v) is 16.1. The van der Waals surface area contributed by atoms with E-state index in [1.807, 2.05) is 17.9 Å². The topological polar surface area (TPSA) is 65.1 Å². The molecule has 0 aromatic heterocycles. The average Bonchev–Trinajstić information content (AvgIpc) is 2.87. The van der Waals surface area contributed by atoms with E-state index < -0.39 is 11.8 Å². The lowest BCUT2D eigenvalue weighted by Gasteiger charge is -2.24. The Kier molecular flexibility index (Phi) is 6.21. The van der Waals surface area contributed by atoms with Crippen molar-refractivity contribution in [3.8, 4) is 11.5 Å². The number of benzene rings is 1. The van der Waals surface area contributed by atoms with Crippen LogP contribution in [0, 0.1) is 0 Å². The van der Waals surface area contributed by atoms with Crippen molar-refractivity contribution in [2.24, 2.45) is 0 Å². The lowest BCUT2D eigenvalue weighted by molar-refractivity contribution is -0.128. The molecule has 7 heteroatoms. The minimum atomic E-state index is -0.781. The fraction of sp³-hybridized carbons (Fsp3) is 0.556. The molecule has 1 heterocycles. The Hall–Kier alpha value is -1.89. The molecule has 0 radical (unpaired) electrons. The highest BCUT2D eigenvalue weighted by Crippen LogP contribution is 2.41. The first-order valence-electron chi connectivity index (χ1n) is 8.25. The van der Waals surface area contributed by atoms with Crippen molar-refractivity contribution in [3.05, 3.63) is 23.8 Å². The lowest BCUT2D eigenvalue weighted by atomic mass is 10.1. The molecular formula is C18H25NO5S. The first-order valence-corrected chi connectivity index (χ1v) is 9.30. The van der Waals surface area contributed by atoms with Crippen molar-refractivity contribution in [3.63, 3.8) is 0 Å². The van der Waals surface area contributed by atoms with Gasteiger partial charge in [0.05, 0.1) is 12.9 Å². The summed E-state index contributed by atoms with van der Waals surface area (Å²) in [4.78, 5) is 25.8. The molecule has 1 aromatic carbocycles. The van der Waals surface area contributed by atoms with Crippen molar-refractivity contribution in [2.45, 2.75) is 45.1 Å². The van der Waals surface area contributed by atoms with E-state index in [4.69, 9.17) is 14.2 Å². The molecule has 1 amide bonds. The standard InChI is InChI=1S/C18H25NO5S/c1-6-9-19-15(20)11-25-16(19)12-7-8-13(14(10-12)22-5)23-17(21)24-18(2,3)4/h7-8,10,16H,6,9,11H2,1-5H3. The number of methoxy groups -OCH3 is 1. The van der Waals surface area contributed by atoms with Crippen LogP contribution in [0.5, 0.6) is 11.5 Å². The first-order chi connectivity index (χ1) is 11.7. The molecule has 1 aliphatic rings. The number of nitrogens with zero attached hydrogens (tertiary/aromatic N) is 1. The Morgan fingerprint density at radius 3 is 2.64 bits per heavy atom. The van der Waals surface area contributed by atoms with Crippen LogP contribution in [-0.4, -0.2) is 42.0 Å². The number of hydrogen-bond acceptors (Lipinski definition) is 6. The molecule has 0 N–H and O–H groups in total. The van der Waals surface area contributed by atoms with Gasteiger partial charge in [-0.1, -0.05) is 13.0 Å². The van der Waals surface area contributed by atoms with Gasteiger partial charge in [0.15, 0.2) is 11.5 Å². The van der Waals surface area contributed by atoms with Crippen LogP contribution in [0.4, 0.5) is 4.79 Å². The maximum Gasteiger partial charge on any atom is 0.514 e. The van der Waals surface area contributed by atoms with Crippen molar-refractivity contribution in [1.29, 1.82) is 0 Å². The fourth-order valence-corrected chi connectivity index (χ4v) is 3.70. The molecule has 2 rings (SSSR count). The quantitative estimate of drug-likeness (QED) is 0.579. The third-order valence-electron chi connectivity index (χ3n) is 3.49. The molecule has 25 heavy (non-hydrogen) atoms. The number of carbonyl (C=O) groups excluding carboxylic acids is 2. The summed E-state index contributed by atoms with van der Waals surface area (Å²) in [6.07, 6.45) is 0.122. The number of ether oxygens (including phenoxy) is 3. The maximum absolute atomic E-state index is 12.0. The number of carbonyl (C=O) groups is 2. The van der Waals surface area contributed by atoms with Gasteiger partial charge in [0.1, 0.15) is 11.0 Å². The summed E-state index contributed by atoms with van der Waals surface area (Å²) in [5, 5.41) is -0.0445. The lowest BCUT2D eigenvalue weighted by Crippen LogP contribution is -2.29. The molecule has 1 unspecified atom stereocenters. The van der Waals surface area contributed by atoms with E-state index in [0.29, 0.717) is 11.5 Å². The summed E-state index contributed by atoms with van der Waals surface area (Å²) >= 11 is 1.59. The van der Waals surface area contributed by atoms with Gasteiger partial charge in [-0.05, 0) is 44.9 Å². The fourth-order valence-electron chi connectivity index (χ4n) is 2.50. The van der Waals surface area contributed by atoms with E-state index in [-0.39, 0.29) is 17.0 Å². The normalized spacial score (nSPS) is 17.6. The van der Waals surface area contributed by atoms with Crippen LogP contribution in [0.25, 0.3) is 0 Å². The maximum atomic E-state index is 12.0. The van der Waals surface area contributed by atoms with Gasteiger partial charge in [0.25, 0.3) is 0 Å². The molecule has 138 valence electrons. The van der Waals surface area contributed by atoms with Crippen molar-refractivity contribution < 1.29 is 23.8 Å². The third-order valence-corrected chi connectivity index (χ3v) is 4.74. The predicted octanol–water partition coefficient (Wildman–Crippen LogP) is 3.99. The highest BCUT2D eigenvalue weighted by molar-refractivity contribution is 8.00. The molecular weight excluding hydrogens is 342 g/mol. The second-order valence-electron chi connectivity index (χ2n) is 6.73. The number of rotatable bonds is 5. The third kappa shape index (κ3) is 5.04. The number of thioether (sulfide) groups is 1. The van der Waals surface area contributed by atoms with Crippen LogP contribution in [0.3, 0.4) is 0 Å². The van der Waals surface area contributed by atoms with Gasteiger partial charge in [0.2, 0.25) is 5.91 Å². The molecule has 0 spiro atoms. The largest absolute Gasteiger partial charge is 0.514 e. The van der Waals surface area contributed by atoms with Crippen LogP contribution >= 0.6 is 11.8 Å². The van der Waals surface area contributed by atoms with Crippen molar-refractivity contribution in [1.82, 2.24) is 4.90 Å². The van der Waals surface area contributed by atoms with Crippen LogP contribution in [0.1, 0.15) is 45.1 Å². The van der Waals surface area contributed by atoms with Crippen molar-refractivity contribution in [2.75, 3.05) is 19.4 Å². The predicted molar refractivity (Wildman–Crippen MR) is 97.1 cm³/mol. The summed E-state index contributed by atoms with van der Waals surface area (Å²) in [6, 6.07) is 5.32. The Balaban J connectivity index is 2.19. The van der Waals surface area contributed by atoms with E-state index in [9.17, 15) is 9.59 Å². The van der Waals surface area contributed by atoms with E-state index in [2.05, 4.69) is 0 Å². The Bertz CT molecular complexity index is 641.